The third-order valence-corrected chi connectivity index (χ3v) is 1.03. The summed E-state index contributed by atoms with van der Waals surface area (Å²) in [4.78, 5) is 2.11. The maximum atomic E-state index is 6.98. The highest BCUT2D eigenvalue weighted by Crippen LogP contribution is 1.92. The minimum Gasteiger partial charge on any atom is -0.445 e. The molecule has 0 aromatic heterocycles. The SMILES string of the molecule is CC(C[OH2+])CN(C)C. The van der Waals surface area contributed by atoms with Crippen LogP contribution in [0.1, 0.15) is 6.92 Å². The molecule has 0 aliphatic heterocycles. The molecule has 2 nitrogen and oxygen atoms in total. The van der Waals surface area contributed by atoms with E-state index in [-0.39, 0.29) is 0 Å². The van der Waals surface area contributed by atoms with Crippen LogP contribution in [0.15, 0.2) is 0 Å². The summed E-state index contributed by atoms with van der Waals surface area (Å²) in [6, 6.07) is 0. The van der Waals surface area contributed by atoms with Gasteiger partial charge >= 0.3 is 0 Å². The molecule has 0 heterocycles. The standard InChI is InChI=1S/C6H15NO/c1-6(5-8)4-7(2)3/h6,8H,4-5H2,1-3H3/p+1. The minimum absolute atomic E-state index is 0.519. The van der Waals surface area contributed by atoms with Crippen LogP contribution >= 0.6 is 0 Å². The Bertz CT molecular complexity index is 54.5. The summed E-state index contributed by atoms with van der Waals surface area (Å²) in [5, 5.41) is 6.98. The number of nitrogens with zero attached hydrogens (tertiary/aromatic N) is 1. The molecule has 0 aliphatic carbocycles. The number of rotatable bonds is 3. The average Bonchev–Trinajstić information content (AvgIpc) is 1.65. The first kappa shape index (κ1) is 7.92. The molecule has 0 rings (SSSR count). The van der Waals surface area contributed by atoms with Gasteiger partial charge < -0.3 is 10.0 Å². The van der Waals surface area contributed by atoms with Crippen LogP contribution in [0.5, 0.6) is 0 Å². The molecule has 0 amide bonds. The van der Waals surface area contributed by atoms with E-state index in [0.717, 1.165) is 6.54 Å². The third-order valence-electron chi connectivity index (χ3n) is 1.03. The number of hydrogen-bond acceptors (Lipinski definition) is 1. The molecule has 0 fully saturated rings. The van der Waals surface area contributed by atoms with Crippen molar-refractivity contribution >= 4 is 0 Å². The molecule has 0 spiro atoms. The Morgan fingerprint density at radius 1 is 1.50 bits per heavy atom. The topological polar surface area (TPSA) is 26.1 Å². The molecule has 2 N–H and O–H groups in total. The molecule has 1 unspecified atom stereocenters. The van der Waals surface area contributed by atoms with Crippen LogP contribution in [0.4, 0.5) is 0 Å². The van der Waals surface area contributed by atoms with Crippen molar-refractivity contribution in [3.8, 4) is 0 Å². The molecule has 1 atom stereocenters. The van der Waals surface area contributed by atoms with Crippen LogP contribution in [-0.4, -0.2) is 37.3 Å². The number of hydrogen-bond donors (Lipinski definition) is 0. The monoisotopic (exact) mass is 118 g/mol. The lowest BCUT2D eigenvalue weighted by molar-refractivity contribution is 0.204. The van der Waals surface area contributed by atoms with Crippen LogP contribution in [0, 0.1) is 5.92 Å². The fraction of sp³-hybridized carbons (Fsp3) is 1.00. The lowest BCUT2D eigenvalue weighted by Gasteiger charge is -2.11. The van der Waals surface area contributed by atoms with Gasteiger partial charge in [-0.1, -0.05) is 6.92 Å². The van der Waals surface area contributed by atoms with Crippen LogP contribution in [-0.2, 0) is 0 Å². The molecule has 8 heavy (non-hydrogen) atoms. The second kappa shape index (κ2) is 3.87. The van der Waals surface area contributed by atoms with Gasteiger partial charge in [-0.2, -0.15) is 0 Å². The fourth-order valence-electron chi connectivity index (χ4n) is 0.688. The summed E-state index contributed by atoms with van der Waals surface area (Å²) >= 11 is 0. The molecule has 0 aliphatic rings. The molecule has 0 aromatic rings. The maximum absolute atomic E-state index is 6.98. The van der Waals surface area contributed by atoms with E-state index in [1.54, 1.807) is 0 Å². The summed E-state index contributed by atoms with van der Waals surface area (Å²) in [6.07, 6.45) is 0. The summed E-state index contributed by atoms with van der Waals surface area (Å²) in [5.41, 5.74) is 0. The Morgan fingerprint density at radius 3 is 2.12 bits per heavy atom. The lowest BCUT2D eigenvalue weighted by atomic mass is 10.2. The predicted molar refractivity (Wildman–Crippen MR) is 36.2 cm³/mol. The van der Waals surface area contributed by atoms with Crippen LogP contribution in [0.25, 0.3) is 0 Å². The highest BCUT2D eigenvalue weighted by molar-refractivity contribution is 4.51. The molecule has 0 saturated heterocycles. The normalized spacial score (nSPS) is 14.6. The van der Waals surface area contributed by atoms with Crippen molar-refractivity contribution in [1.29, 1.82) is 0 Å². The van der Waals surface area contributed by atoms with Gasteiger partial charge in [-0.15, -0.1) is 0 Å². The van der Waals surface area contributed by atoms with Gasteiger partial charge in [-0.25, -0.2) is 0 Å². The summed E-state index contributed by atoms with van der Waals surface area (Å²) in [5.74, 6) is 0.519. The Labute approximate surface area is 51.1 Å². The van der Waals surface area contributed by atoms with Crippen molar-refractivity contribution < 1.29 is 5.11 Å². The largest absolute Gasteiger partial charge is 0.445 e. The Hall–Kier alpha value is -0.0800. The van der Waals surface area contributed by atoms with E-state index in [1.807, 2.05) is 14.1 Å². The zero-order valence-corrected chi connectivity index (χ0v) is 5.94. The van der Waals surface area contributed by atoms with Crippen LogP contribution in [0.2, 0.25) is 0 Å². The molecule has 0 bridgehead atoms. The van der Waals surface area contributed by atoms with Gasteiger partial charge in [0.25, 0.3) is 0 Å². The van der Waals surface area contributed by atoms with Crippen molar-refractivity contribution in [2.24, 2.45) is 5.92 Å². The van der Waals surface area contributed by atoms with Gasteiger partial charge in [-0.3, -0.25) is 0 Å². The highest BCUT2D eigenvalue weighted by Gasteiger charge is 2.01. The van der Waals surface area contributed by atoms with Crippen molar-refractivity contribution in [3.63, 3.8) is 0 Å². The third kappa shape index (κ3) is 4.09. The van der Waals surface area contributed by atoms with E-state index in [1.165, 1.54) is 0 Å². The average molecular weight is 118 g/mol. The van der Waals surface area contributed by atoms with E-state index in [4.69, 9.17) is 5.11 Å². The van der Waals surface area contributed by atoms with Gasteiger partial charge in [0.05, 0.1) is 0 Å². The quantitative estimate of drug-likeness (QED) is 0.476. The van der Waals surface area contributed by atoms with Gasteiger partial charge in [0.1, 0.15) is 6.61 Å². The molecular formula is C6H16NO+. The smallest absolute Gasteiger partial charge is 0.147 e. The molecular weight excluding hydrogens is 102 g/mol. The summed E-state index contributed by atoms with van der Waals surface area (Å²) < 4.78 is 0. The molecule has 0 saturated carbocycles. The first-order chi connectivity index (χ1) is 3.66. The first-order valence-corrected chi connectivity index (χ1v) is 2.96. The van der Waals surface area contributed by atoms with E-state index in [0.29, 0.717) is 12.5 Å². The van der Waals surface area contributed by atoms with E-state index in [2.05, 4.69) is 11.8 Å². The second-order valence-corrected chi connectivity index (χ2v) is 2.57. The van der Waals surface area contributed by atoms with E-state index in [9.17, 15) is 0 Å². The van der Waals surface area contributed by atoms with Gasteiger partial charge in [0.15, 0.2) is 0 Å². The fourth-order valence-corrected chi connectivity index (χ4v) is 0.688. The molecule has 0 radical (unpaired) electrons. The van der Waals surface area contributed by atoms with Crippen molar-refractivity contribution in [2.45, 2.75) is 6.92 Å². The zero-order valence-electron chi connectivity index (χ0n) is 5.94. The van der Waals surface area contributed by atoms with Crippen molar-refractivity contribution in [3.05, 3.63) is 0 Å². The van der Waals surface area contributed by atoms with Gasteiger partial charge in [-0.05, 0) is 14.1 Å². The Kier molecular flexibility index (Phi) is 3.83. The van der Waals surface area contributed by atoms with E-state index >= 15 is 0 Å². The van der Waals surface area contributed by atoms with E-state index < -0.39 is 0 Å². The Morgan fingerprint density at radius 2 is 2.00 bits per heavy atom. The highest BCUT2D eigenvalue weighted by atomic mass is 16.3. The molecule has 2 heteroatoms. The summed E-state index contributed by atoms with van der Waals surface area (Å²) in [7, 11) is 4.07. The Balaban J connectivity index is 3.10. The predicted octanol–water partition coefficient (Wildman–Crippen LogP) is -0.0913. The van der Waals surface area contributed by atoms with Gasteiger partial charge in [0, 0.05) is 12.5 Å². The van der Waals surface area contributed by atoms with Gasteiger partial charge in [0.2, 0.25) is 0 Å². The van der Waals surface area contributed by atoms with Crippen LogP contribution < -0.4 is 0 Å². The van der Waals surface area contributed by atoms with Crippen LogP contribution in [0.3, 0.4) is 0 Å². The second-order valence-electron chi connectivity index (χ2n) is 2.57. The molecule has 50 valence electrons. The first-order valence-electron chi connectivity index (χ1n) is 2.96. The van der Waals surface area contributed by atoms with Crippen molar-refractivity contribution in [1.82, 2.24) is 4.90 Å². The minimum atomic E-state index is 0.519. The van der Waals surface area contributed by atoms with Crippen molar-refractivity contribution in [2.75, 3.05) is 27.2 Å². The maximum Gasteiger partial charge on any atom is 0.147 e. The lowest BCUT2D eigenvalue weighted by Crippen LogP contribution is -2.21. The zero-order chi connectivity index (χ0) is 6.57. The summed E-state index contributed by atoms with van der Waals surface area (Å²) in [6.45, 7) is 3.66. The molecule has 0 aromatic carbocycles.